The van der Waals surface area contributed by atoms with E-state index in [-0.39, 0.29) is 0 Å². The Morgan fingerprint density at radius 3 is 2.00 bits per heavy atom. The first-order valence-corrected chi connectivity index (χ1v) is 3.69. The Kier molecular flexibility index (Phi) is 6.05. The van der Waals surface area contributed by atoms with Gasteiger partial charge in [-0.1, -0.05) is 13.2 Å². The molecule has 56 valence electrons. The van der Waals surface area contributed by atoms with E-state index < -0.39 is 0 Å². The van der Waals surface area contributed by atoms with Crippen molar-refractivity contribution in [2.75, 3.05) is 0 Å². The molecule has 0 saturated carbocycles. The summed E-state index contributed by atoms with van der Waals surface area (Å²) >= 11 is 0. The number of hydrogen-bond donors (Lipinski definition) is 0. The van der Waals surface area contributed by atoms with Crippen molar-refractivity contribution in [1.29, 1.82) is 0 Å². The van der Waals surface area contributed by atoms with Gasteiger partial charge in [0.05, 0.1) is 12.3 Å². The van der Waals surface area contributed by atoms with Gasteiger partial charge in [-0.15, -0.1) is 6.42 Å². The lowest BCUT2D eigenvalue weighted by molar-refractivity contribution is 0.762. The van der Waals surface area contributed by atoms with Crippen LogP contribution in [0.4, 0.5) is 0 Å². The van der Waals surface area contributed by atoms with E-state index in [1.807, 2.05) is 12.2 Å². The van der Waals surface area contributed by atoms with Gasteiger partial charge in [-0.2, -0.15) is 0 Å². The van der Waals surface area contributed by atoms with Crippen LogP contribution < -0.4 is 0 Å². The van der Waals surface area contributed by atoms with Gasteiger partial charge in [0.15, 0.2) is 0 Å². The van der Waals surface area contributed by atoms with E-state index in [1.165, 1.54) is 5.92 Å². The van der Waals surface area contributed by atoms with E-state index in [0.717, 1.165) is 25.7 Å². The molecule has 0 atom stereocenters. The molecule has 0 spiro atoms. The lowest BCUT2D eigenvalue weighted by Gasteiger charge is -2.00. The minimum absolute atomic E-state index is 0.983. The highest BCUT2D eigenvalue weighted by atomic mass is 14.1. The summed E-state index contributed by atoms with van der Waals surface area (Å²) in [5, 5.41) is 0. The van der Waals surface area contributed by atoms with E-state index in [2.05, 4.69) is 20.1 Å². The van der Waals surface area contributed by atoms with E-state index in [1.54, 1.807) is 0 Å². The third-order valence-corrected chi connectivity index (χ3v) is 1.40. The fourth-order valence-electron chi connectivity index (χ4n) is 0.946. The van der Waals surface area contributed by atoms with Crippen molar-refractivity contribution in [1.82, 2.24) is 0 Å². The maximum atomic E-state index is 3.80. The molecule has 0 aromatic rings. The van der Waals surface area contributed by atoms with Crippen molar-refractivity contribution in [3.63, 3.8) is 0 Å². The predicted molar refractivity (Wildman–Crippen MR) is 47.5 cm³/mol. The Hall–Kier alpha value is -0.650. The van der Waals surface area contributed by atoms with Crippen LogP contribution in [0.2, 0.25) is 0 Å². The van der Waals surface area contributed by atoms with Gasteiger partial charge in [-0.3, -0.25) is 0 Å². The van der Waals surface area contributed by atoms with Crippen LogP contribution in [0.5, 0.6) is 0 Å². The molecule has 0 heterocycles. The zero-order valence-electron chi connectivity index (χ0n) is 6.60. The Morgan fingerprint density at radius 2 is 1.70 bits per heavy atom. The molecule has 10 heavy (non-hydrogen) atoms. The molecule has 0 aliphatic heterocycles. The maximum absolute atomic E-state index is 3.80. The minimum atomic E-state index is 0.983. The summed E-state index contributed by atoms with van der Waals surface area (Å²) in [6.45, 7) is 11.2. The minimum Gasteiger partial charge on any atom is -0.339 e. The van der Waals surface area contributed by atoms with Crippen molar-refractivity contribution < 1.29 is 0 Å². The molecule has 0 bridgehead atoms. The molecular weight excluding hydrogens is 120 g/mol. The fourth-order valence-corrected chi connectivity index (χ4v) is 0.946. The second-order valence-corrected chi connectivity index (χ2v) is 2.34. The van der Waals surface area contributed by atoms with Crippen LogP contribution in [0.25, 0.3) is 0 Å². The van der Waals surface area contributed by atoms with Crippen LogP contribution in [0.3, 0.4) is 0 Å². The van der Waals surface area contributed by atoms with Gasteiger partial charge < -0.3 is 6.92 Å². The Morgan fingerprint density at radius 1 is 1.20 bits per heavy atom. The second-order valence-electron chi connectivity index (χ2n) is 2.34. The van der Waals surface area contributed by atoms with E-state index in [9.17, 15) is 0 Å². The zero-order chi connectivity index (χ0) is 7.82. The fraction of sp³-hybridized carbons (Fsp3) is 0.400. The van der Waals surface area contributed by atoms with Crippen LogP contribution in [0.1, 0.15) is 25.7 Å². The Balaban J connectivity index is 3.48. The first-order chi connectivity index (χ1) is 4.85. The first-order valence-electron chi connectivity index (χ1n) is 3.69. The standard InChI is InChI=1S/C10H16/c1-4-7-10(8-5-2)9-6-3/h4-5H,1-3,6-9H2. The lowest BCUT2D eigenvalue weighted by Crippen LogP contribution is -1.92. The zero-order valence-corrected chi connectivity index (χ0v) is 6.60. The van der Waals surface area contributed by atoms with Crippen molar-refractivity contribution >= 4 is 0 Å². The average Bonchev–Trinajstić information content (AvgIpc) is 1.90. The van der Waals surface area contributed by atoms with Gasteiger partial charge >= 0.3 is 0 Å². The quantitative estimate of drug-likeness (QED) is 0.388. The molecule has 0 nitrogen and oxygen atoms in total. The molecule has 0 saturated heterocycles. The van der Waals surface area contributed by atoms with Crippen LogP contribution >= 0.6 is 0 Å². The van der Waals surface area contributed by atoms with Crippen LogP contribution in [0, 0.1) is 12.8 Å². The topological polar surface area (TPSA) is 0 Å². The Labute approximate surface area is 64.6 Å². The molecule has 0 amide bonds. The largest absolute Gasteiger partial charge is 0.339 e. The number of rotatable bonds is 6. The number of allylic oxidation sites excluding steroid dienone is 2. The maximum Gasteiger partial charge on any atom is 0.108 e. The van der Waals surface area contributed by atoms with E-state index in [0.29, 0.717) is 0 Å². The van der Waals surface area contributed by atoms with Crippen molar-refractivity contribution in [3.05, 3.63) is 38.2 Å². The third-order valence-electron chi connectivity index (χ3n) is 1.40. The van der Waals surface area contributed by atoms with Crippen LogP contribution in [0.15, 0.2) is 25.3 Å². The molecule has 0 rings (SSSR count). The van der Waals surface area contributed by atoms with Crippen molar-refractivity contribution in [3.8, 4) is 0 Å². The van der Waals surface area contributed by atoms with Crippen molar-refractivity contribution in [2.45, 2.75) is 25.7 Å². The molecule has 0 aromatic heterocycles. The predicted octanol–water partition coefficient (Wildman–Crippen LogP) is 3.33. The van der Waals surface area contributed by atoms with Gasteiger partial charge in [0.2, 0.25) is 0 Å². The van der Waals surface area contributed by atoms with Gasteiger partial charge in [0.25, 0.3) is 0 Å². The smallest absolute Gasteiger partial charge is 0.108 e. The highest BCUT2D eigenvalue weighted by Gasteiger charge is 2.11. The molecular formula is C10H16. The first kappa shape index (κ1) is 9.35. The van der Waals surface area contributed by atoms with E-state index >= 15 is 0 Å². The normalized spacial score (nSPS) is 8.90. The SMILES string of the molecule is C=CC[C+](CC=C)CC[CH2-]. The molecule has 0 heteroatoms. The monoisotopic (exact) mass is 136 g/mol. The summed E-state index contributed by atoms with van der Waals surface area (Å²) in [7, 11) is 0. The summed E-state index contributed by atoms with van der Waals surface area (Å²) in [5.41, 5.74) is 0. The highest BCUT2D eigenvalue weighted by Crippen LogP contribution is 2.18. The second kappa shape index (κ2) is 6.47. The molecule has 0 N–H and O–H groups in total. The summed E-state index contributed by atoms with van der Waals surface area (Å²) in [6.07, 6.45) is 8.00. The molecule has 0 radical (unpaired) electrons. The van der Waals surface area contributed by atoms with Gasteiger partial charge in [-0.05, 0) is 12.2 Å². The average molecular weight is 136 g/mol. The molecule has 0 aliphatic carbocycles. The molecule has 0 aliphatic rings. The van der Waals surface area contributed by atoms with Crippen LogP contribution in [-0.2, 0) is 0 Å². The van der Waals surface area contributed by atoms with E-state index in [4.69, 9.17) is 0 Å². The molecule has 0 fully saturated rings. The molecule has 0 unspecified atom stereocenters. The summed E-state index contributed by atoms with van der Waals surface area (Å²) < 4.78 is 0. The summed E-state index contributed by atoms with van der Waals surface area (Å²) in [5.74, 6) is 1.49. The molecule has 0 aromatic carbocycles. The highest BCUT2D eigenvalue weighted by molar-refractivity contribution is 5.00. The van der Waals surface area contributed by atoms with Crippen LogP contribution in [-0.4, -0.2) is 0 Å². The lowest BCUT2D eigenvalue weighted by atomic mass is 9.96. The van der Waals surface area contributed by atoms with Gasteiger partial charge in [0.1, 0.15) is 12.8 Å². The third kappa shape index (κ3) is 4.25. The van der Waals surface area contributed by atoms with Gasteiger partial charge in [-0.25, -0.2) is 0 Å². The summed E-state index contributed by atoms with van der Waals surface area (Å²) in [6, 6.07) is 0. The van der Waals surface area contributed by atoms with Crippen molar-refractivity contribution in [2.24, 2.45) is 0 Å². The Bertz CT molecular complexity index is 82.2. The number of hydrogen-bond acceptors (Lipinski definition) is 0. The van der Waals surface area contributed by atoms with Gasteiger partial charge in [0, 0.05) is 0 Å². The summed E-state index contributed by atoms with van der Waals surface area (Å²) in [4.78, 5) is 0.